The van der Waals surface area contributed by atoms with E-state index >= 15 is 0 Å². The van der Waals surface area contributed by atoms with Crippen LogP contribution in [0.1, 0.15) is 11.1 Å². The van der Waals surface area contributed by atoms with E-state index in [1.807, 2.05) is 0 Å². The van der Waals surface area contributed by atoms with Gasteiger partial charge < -0.3 is 24.1 Å². The minimum Gasteiger partial charge on any atom is -0.497 e. The van der Waals surface area contributed by atoms with Gasteiger partial charge in [-0.25, -0.2) is 0 Å². The van der Waals surface area contributed by atoms with Gasteiger partial charge in [0.05, 0.1) is 27.4 Å². The molecule has 2 aromatic carbocycles. The Hall–Kier alpha value is -2.83. The average Bonchev–Trinajstić information content (AvgIpc) is 2.66. The summed E-state index contributed by atoms with van der Waals surface area (Å²) in [6.07, 6.45) is 0. The van der Waals surface area contributed by atoms with E-state index in [1.54, 1.807) is 37.4 Å². The quantitative estimate of drug-likeness (QED) is 0.740. The van der Waals surface area contributed by atoms with E-state index < -0.39 is 0 Å². The van der Waals surface area contributed by atoms with Crippen molar-refractivity contribution in [3.05, 3.63) is 57.7 Å². The lowest BCUT2D eigenvalue weighted by atomic mass is 10.0. The predicted octanol–water partition coefficient (Wildman–Crippen LogP) is 2.46. The Morgan fingerprint density at radius 1 is 1.00 bits per heavy atom. The number of hydrogen-bond acceptors (Lipinski definition) is 6. The van der Waals surface area contributed by atoms with Gasteiger partial charge in [0.15, 0.2) is 5.43 Å². The van der Waals surface area contributed by atoms with Crippen molar-refractivity contribution in [3.63, 3.8) is 0 Å². The second kappa shape index (κ2) is 6.96. The monoisotopic (exact) mass is 342 g/mol. The smallest absolute Gasteiger partial charge is 0.197 e. The van der Waals surface area contributed by atoms with Gasteiger partial charge in [0, 0.05) is 17.2 Å². The Balaban J connectivity index is 2.26. The van der Waals surface area contributed by atoms with E-state index in [1.165, 1.54) is 13.2 Å². The SMILES string of the molecule is COc1ccc(-c2cc(=O)c3c(OC)c(CO)c(CO)cc3o2)cc1. The third-order valence-electron chi connectivity index (χ3n) is 4.08. The van der Waals surface area contributed by atoms with Crippen molar-refractivity contribution in [2.75, 3.05) is 14.2 Å². The zero-order valence-corrected chi connectivity index (χ0v) is 13.9. The number of ether oxygens (including phenoxy) is 2. The molecule has 1 aromatic heterocycles. The Bertz CT molecular complexity index is 956. The second-order valence-electron chi connectivity index (χ2n) is 5.44. The number of benzene rings is 2. The Morgan fingerprint density at radius 3 is 2.28 bits per heavy atom. The summed E-state index contributed by atoms with van der Waals surface area (Å²) in [6.45, 7) is -0.659. The highest BCUT2D eigenvalue weighted by atomic mass is 16.5. The van der Waals surface area contributed by atoms with E-state index in [2.05, 4.69) is 0 Å². The van der Waals surface area contributed by atoms with Crippen LogP contribution in [0.25, 0.3) is 22.3 Å². The van der Waals surface area contributed by atoms with E-state index in [4.69, 9.17) is 13.9 Å². The van der Waals surface area contributed by atoms with Gasteiger partial charge >= 0.3 is 0 Å². The molecule has 3 rings (SSSR count). The van der Waals surface area contributed by atoms with Gasteiger partial charge in [0.2, 0.25) is 0 Å². The molecule has 2 N–H and O–H groups in total. The normalized spacial score (nSPS) is 10.9. The Labute approximate surface area is 143 Å². The molecule has 6 nitrogen and oxygen atoms in total. The van der Waals surface area contributed by atoms with Crippen LogP contribution in [0.4, 0.5) is 0 Å². The molecule has 130 valence electrons. The minimum atomic E-state index is -0.353. The van der Waals surface area contributed by atoms with E-state index in [9.17, 15) is 15.0 Å². The molecule has 0 aliphatic heterocycles. The lowest BCUT2D eigenvalue weighted by Gasteiger charge is -2.14. The number of hydrogen-bond donors (Lipinski definition) is 2. The highest BCUT2D eigenvalue weighted by molar-refractivity contribution is 5.87. The number of aliphatic hydroxyl groups excluding tert-OH is 2. The van der Waals surface area contributed by atoms with Crippen LogP contribution >= 0.6 is 0 Å². The molecule has 0 saturated heterocycles. The average molecular weight is 342 g/mol. The molecule has 0 fully saturated rings. The first-order chi connectivity index (χ1) is 12.1. The van der Waals surface area contributed by atoms with Crippen molar-refractivity contribution in [2.45, 2.75) is 13.2 Å². The van der Waals surface area contributed by atoms with Crippen LogP contribution in [0, 0.1) is 0 Å². The molecule has 0 atom stereocenters. The zero-order chi connectivity index (χ0) is 18.0. The van der Waals surface area contributed by atoms with Gasteiger partial charge in [-0.05, 0) is 35.9 Å². The highest BCUT2D eigenvalue weighted by Crippen LogP contribution is 2.33. The molecule has 0 saturated carbocycles. The maximum atomic E-state index is 12.6. The van der Waals surface area contributed by atoms with Crippen molar-refractivity contribution in [3.8, 4) is 22.8 Å². The predicted molar refractivity (Wildman–Crippen MR) is 92.9 cm³/mol. The standard InChI is InChI=1S/C19H18O6/c1-23-13-5-3-11(4-6-13)16-8-15(22)18-17(25-16)7-12(9-20)14(10-21)19(18)24-2/h3-8,20-21H,9-10H2,1-2H3. The van der Waals surface area contributed by atoms with E-state index in [-0.39, 0.29) is 35.4 Å². The van der Waals surface area contributed by atoms with Gasteiger partial charge in [-0.1, -0.05) is 0 Å². The minimum absolute atomic E-state index is 0.221. The fourth-order valence-electron chi connectivity index (χ4n) is 2.82. The Kier molecular flexibility index (Phi) is 4.74. The second-order valence-corrected chi connectivity index (χ2v) is 5.44. The van der Waals surface area contributed by atoms with Crippen molar-refractivity contribution in [1.82, 2.24) is 0 Å². The van der Waals surface area contributed by atoms with Crippen molar-refractivity contribution >= 4 is 11.0 Å². The number of rotatable bonds is 5. The lowest BCUT2D eigenvalue weighted by molar-refractivity contribution is 0.254. The molecule has 1 heterocycles. The molecule has 25 heavy (non-hydrogen) atoms. The topological polar surface area (TPSA) is 89.1 Å². The molecule has 0 amide bonds. The zero-order valence-electron chi connectivity index (χ0n) is 13.9. The first-order valence-electron chi connectivity index (χ1n) is 7.65. The molecule has 0 spiro atoms. The van der Waals surface area contributed by atoms with Crippen LogP contribution in [-0.4, -0.2) is 24.4 Å². The van der Waals surface area contributed by atoms with Gasteiger partial charge in [-0.15, -0.1) is 0 Å². The van der Waals surface area contributed by atoms with Crippen LogP contribution in [-0.2, 0) is 13.2 Å². The summed E-state index contributed by atoms with van der Waals surface area (Å²) in [4.78, 5) is 12.6. The van der Waals surface area contributed by atoms with Crippen LogP contribution in [0.3, 0.4) is 0 Å². The molecule has 3 aromatic rings. The third kappa shape index (κ3) is 2.97. The van der Waals surface area contributed by atoms with E-state index in [0.717, 1.165) is 5.56 Å². The van der Waals surface area contributed by atoms with Crippen LogP contribution < -0.4 is 14.9 Å². The molecule has 0 bridgehead atoms. The first kappa shape index (κ1) is 17.0. The van der Waals surface area contributed by atoms with Crippen molar-refractivity contribution < 1.29 is 24.1 Å². The number of aliphatic hydroxyl groups is 2. The summed E-state index contributed by atoms with van der Waals surface area (Å²) in [5, 5.41) is 19.3. The fourth-order valence-corrected chi connectivity index (χ4v) is 2.82. The molecule has 6 heteroatoms. The summed E-state index contributed by atoms with van der Waals surface area (Å²) in [5.74, 6) is 1.31. The van der Waals surface area contributed by atoms with Gasteiger partial charge in [0.25, 0.3) is 0 Å². The maximum absolute atomic E-state index is 12.6. The summed E-state index contributed by atoms with van der Waals surface area (Å²) >= 11 is 0. The van der Waals surface area contributed by atoms with Crippen LogP contribution in [0.2, 0.25) is 0 Å². The van der Waals surface area contributed by atoms with Crippen LogP contribution in [0.15, 0.2) is 45.6 Å². The highest BCUT2D eigenvalue weighted by Gasteiger charge is 2.18. The van der Waals surface area contributed by atoms with Gasteiger partial charge in [-0.3, -0.25) is 4.79 Å². The number of fused-ring (bicyclic) bond motifs is 1. The fraction of sp³-hybridized carbons (Fsp3) is 0.211. The molecule has 0 radical (unpaired) electrons. The molecular formula is C19H18O6. The Morgan fingerprint density at radius 2 is 1.72 bits per heavy atom. The largest absolute Gasteiger partial charge is 0.497 e. The van der Waals surface area contributed by atoms with Crippen molar-refractivity contribution in [1.29, 1.82) is 0 Å². The molecule has 0 aliphatic rings. The molecule has 0 unspecified atom stereocenters. The summed E-state index contributed by atoms with van der Waals surface area (Å²) in [5.41, 5.74) is 1.54. The summed E-state index contributed by atoms with van der Waals surface area (Å²) < 4.78 is 16.3. The van der Waals surface area contributed by atoms with E-state index in [0.29, 0.717) is 22.6 Å². The maximum Gasteiger partial charge on any atom is 0.197 e. The summed E-state index contributed by atoms with van der Waals surface area (Å²) in [6, 6.07) is 10.1. The lowest BCUT2D eigenvalue weighted by Crippen LogP contribution is -2.07. The van der Waals surface area contributed by atoms with Gasteiger partial charge in [0.1, 0.15) is 28.2 Å². The molecule has 0 aliphatic carbocycles. The number of methoxy groups -OCH3 is 2. The first-order valence-corrected chi connectivity index (χ1v) is 7.65. The molecular weight excluding hydrogens is 324 g/mol. The van der Waals surface area contributed by atoms with Crippen molar-refractivity contribution in [2.24, 2.45) is 0 Å². The van der Waals surface area contributed by atoms with Crippen LogP contribution in [0.5, 0.6) is 11.5 Å². The summed E-state index contributed by atoms with van der Waals surface area (Å²) in [7, 11) is 2.98. The third-order valence-corrected chi connectivity index (χ3v) is 4.08. The van der Waals surface area contributed by atoms with Gasteiger partial charge in [-0.2, -0.15) is 0 Å².